The Labute approximate surface area is 139 Å². The first-order valence-corrected chi connectivity index (χ1v) is 7.42. The number of halogens is 2. The van der Waals surface area contributed by atoms with Crippen LogP contribution in [0.5, 0.6) is 0 Å². The van der Waals surface area contributed by atoms with E-state index in [0.29, 0.717) is 5.82 Å². The van der Waals surface area contributed by atoms with Gasteiger partial charge in [-0.05, 0) is 42.5 Å². The van der Waals surface area contributed by atoms with Gasteiger partial charge in [-0.2, -0.15) is 4.98 Å². The van der Waals surface area contributed by atoms with Crippen molar-refractivity contribution >= 4 is 21.9 Å². The van der Waals surface area contributed by atoms with Crippen molar-refractivity contribution in [2.45, 2.75) is 6.61 Å². The maximum absolute atomic E-state index is 13.1. The number of ether oxygens (including phenoxy) is 1. The van der Waals surface area contributed by atoms with Gasteiger partial charge in [0.15, 0.2) is 6.61 Å². The molecular weight excluding hydrogens is 367 g/mol. The Morgan fingerprint density at radius 1 is 1.22 bits per heavy atom. The average molecular weight is 377 g/mol. The highest BCUT2D eigenvalue weighted by Gasteiger charge is 2.13. The van der Waals surface area contributed by atoms with Gasteiger partial charge in [0, 0.05) is 10.0 Å². The van der Waals surface area contributed by atoms with Gasteiger partial charge in [-0.15, -0.1) is 0 Å². The molecule has 0 spiro atoms. The fraction of sp³-hybridized carbons (Fsp3) is 0.0625. The number of esters is 1. The van der Waals surface area contributed by atoms with Crippen LogP contribution in [0.15, 0.2) is 57.5 Å². The molecule has 116 valence electrons. The van der Waals surface area contributed by atoms with Crippen molar-refractivity contribution in [2.75, 3.05) is 0 Å². The van der Waals surface area contributed by atoms with E-state index in [1.54, 1.807) is 0 Å². The second kappa shape index (κ2) is 6.70. The van der Waals surface area contributed by atoms with Crippen LogP contribution in [0.3, 0.4) is 0 Å². The molecule has 1 heterocycles. The van der Waals surface area contributed by atoms with E-state index in [1.165, 1.54) is 18.2 Å². The third kappa shape index (κ3) is 3.81. The molecule has 0 aliphatic heterocycles. The molecule has 7 heteroatoms. The van der Waals surface area contributed by atoms with Gasteiger partial charge in [0.2, 0.25) is 5.82 Å². The number of nitrogens with zero attached hydrogens (tertiary/aromatic N) is 2. The lowest BCUT2D eigenvalue weighted by molar-refractivity contribution is 0.0429. The molecule has 0 atom stereocenters. The van der Waals surface area contributed by atoms with Gasteiger partial charge in [-0.1, -0.05) is 27.2 Å². The molecule has 0 bridgehead atoms. The van der Waals surface area contributed by atoms with Gasteiger partial charge in [0.05, 0.1) is 5.56 Å². The Morgan fingerprint density at radius 3 is 2.74 bits per heavy atom. The summed E-state index contributed by atoms with van der Waals surface area (Å²) in [6, 6.07) is 12.6. The zero-order valence-electron chi connectivity index (χ0n) is 11.7. The number of hydrogen-bond donors (Lipinski definition) is 0. The largest absolute Gasteiger partial charge is 0.452 e. The fourth-order valence-electron chi connectivity index (χ4n) is 1.86. The van der Waals surface area contributed by atoms with Crippen molar-refractivity contribution < 1.29 is 18.4 Å². The van der Waals surface area contributed by atoms with Crippen molar-refractivity contribution in [1.82, 2.24) is 10.1 Å². The van der Waals surface area contributed by atoms with Crippen molar-refractivity contribution in [3.05, 3.63) is 70.3 Å². The predicted molar refractivity (Wildman–Crippen MR) is 83.0 cm³/mol. The number of hydrogen-bond acceptors (Lipinski definition) is 5. The van der Waals surface area contributed by atoms with E-state index in [9.17, 15) is 9.18 Å². The van der Waals surface area contributed by atoms with Crippen molar-refractivity contribution in [3.8, 4) is 11.4 Å². The van der Waals surface area contributed by atoms with Gasteiger partial charge in [0.25, 0.3) is 5.89 Å². The number of carbonyl (C=O) groups is 1. The topological polar surface area (TPSA) is 65.2 Å². The van der Waals surface area contributed by atoms with Crippen molar-refractivity contribution in [1.29, 1.82) is 0 Å². The molecule has 0 unspecified atom stereocenters. The van der Waals surface area contributed by atoms with Crippen LogP contribution < -0.4 is 0 Å². The monoisotopic (exact) mass is 376 g/mol. The smallest absolute Gasteiger partial charge is 0.338 e. The minimum atomic E-state index is -0.659. The molecule has 23 heavy (non-hydrogen) atoms. The summed E-state index contributed by atoms with van der Waals surface area (Å²) in [5, 5.41) is 3.83. The lowest BCUT2D eigenvalue weighted by Crippen LogP contribution is -2.05. The van der Waals surface area contributed by atoms with Gasteiger partial charge in [0.1, 0.15) is 5.82 Å². The van der Waals surface area contributed by atoms with E-state index < -0.39 is 11.8 Å². The molecule has 0 aliphatic carbocycles. The first kappa shape index (κ1) is 15.4. The van der Waals surface area contributed by atoms with Gasteiger partial charge in [-0.25, -0.2) is 9.18 Å². The highest BCUT2D eigenvalue weighted by molar-refractivity contribution is 9.10. The first-order valence-electron chi connectivity index (χ1n) is 6.63. The zero-order valence-corrected chi connectivity index (χ0v) is 13.3. The van der Waals surface area contributed by atoms with Crippen LogP contribution >= 0.6 is 15.9 Å². The predicted octanol–water partition coefficient (Wildman–Crippen LogP) is 4.00. The summed E-state index contributed by atoms with van der Waals surface area (Å²) in [4.78, 5) is 15.9. The summed E-state index contributed by atoms with van der Waals surface area (Å²) < 4.78 is 24.1. The third-order valence-electron chi connectivity index (χ3n) is 2.96. The highest BCUT2D eigenvalue weighted by atomic mass is 79.9. The second-order valence-corrected chi connectivity index (χ2v) is 5.52. The number of aromatic nitrogens is 2. The first-order chi connectivity index (χ1) is 11.1. The molecule has 2 aromatic carbocycles. The molecule has 0 aliphatic rings. The van der Waals surface area contributed by atoms with Crippen molar-refractivity contribution in [2.24, 2.45) is 0 Å². The molecule has 0 saturated heterocycles. The van der Waals surface area contributed by atoms with Gasteiger partial charge in [-0.3, -0.25) is 0 Å². The summed E-state index contributed by atoms with van der Waals surface area (Å²) in [6.45, 7) is -0.182. The van der Waals surface area contributed by atoms with E-state index in [2.05, 4.69) is 26.1 Å². The molecule has 0 N–H and O–H groups in total. The Balaban J connectivity index is 1.65. The molecule has 0 amide bonds. The maximum atomic E-state index is 13.1. The Morgan fingerprint density at radius 2 is 2.00 bits per heavy atom. The van der Waals surface area contributed by atoms with Crippen LogP contribution in [0.1, 0.15) is 16.2 Å². The Kier molecular flexibility index (Phi) is 4.47. The SMILES string of the molecule is O=C(OCc1nc(-c2ccc(Br)cc2)no1)c1cccc(F)c1. The summed E-state index contributed by atoms with van der Waals surface area (Å²) in [5.74, 6) is -0.607. The molecule has 1 aromatic heterocycles. The minimum Gasteiger partial charge on any atom is -0.452 e. The number of carbonyl (C=O) groups excluding carboxylic acids is 1. The Hall–Kier alpha value is -2.54. The van der Waals surface area contributed by atoms with Crippen LogP contribution in [0, 0.1) is 5.82 Å². The van der Waals surface area contributed by atoms with E-state index >= 15 is 0 Å². The molecular formula is C16H10BrFN2O3. The average Bonchev–Trinajstić information content (AvgIpc) is 3.02. The molecule has 0 saturated carbocycles. The number of rotatable bonds is 4. The quantitative estimate of drug-likeness (QED) is 0.644. The minimum absolute atomic E-state index is 0.123. The van der Waals surface area contributed by atoms with Crippen molar-refractivity contribution in [3.63, 3.8) is 0 Å². The molecule has 0 radical (unpaired) electrons. The van der Waals surface area contributed by atoms with E-state index in [1.807, 2.05) is 24.3 Å². The van der Waals surface area contributed by atoms with Gasteiger partial charge >= 0.3 is 5.97 Å². The fourth-order valence-corrected chi connectivity index (χ4v) is 2.12. The summed E-state index contributed by atoms with van der Waals surface area (Å²) >= 11 is 3.34. The van der Waals surface area contributed by atoms with Crippen LogP contribution in [-0.4, -0.2) is 16.1 Å². The van der Waals surface area contributed by atoms with E-state index in [0.717, 1.165) is 16.1 Å². The van der Waals surface area contributed by atoms with Crippen LogP contribution in [0.4, 0.5) is 4.39 Å². The lowest BCUT2D eigenvalue weighted by Gasteiger charge is -2.01. The molecule has 3 aromatic rings. The lowest BCUT2D eigenvalue weighted by atomic mass is 10.2. The summed E-state index contributed by atoms with van der Waals surface area (Å²) in [6.07, 6.45) is 0. The van der Waals surface area contributed by atoms with E-state index in [-0.39, 0.29) is 18.1 Å². The normalized spacial score (nSPS) is 10.5. The maximum Gasteiger partial charge on any atom is 0.338 e. The van der Waals surface area contributed by atoms with Crippen LogP contribution in [0.2, 0.25) is 0 Å². The number of benzene rings is 2. The molecule has 5 nitrogen and oxygen atoms in total. The highest BCUT2D eigenvalue weighted by Crippen LogP contribution is 2.19. The molecule has 0 fully saturated rings. The summed E-state index contributed by atoms with van der Waals surface area (Å²) in [7, 11) is 0. The van der Waals surface area contributed by atoms with Crippen LogP contribution in [0.25, 0.3) is 11.4 Å². The molecule has 3 rings (SSSR count). The second-order valence-electron chi connectivity index (χ2n) is 4.61. The van der Waals surface area contributed by atoms with Crippen LogP contribution in [-0.2, 0) is 11.3 Å². The summed E-state index contributed by atoms with van der Waals surface area (Å²) in [5.41, 5.74) is 0.900. The van der Waals surface area contributed by atoms with E-state index in [4.69, 9.17) is 9.26 Å². The van der Waals surface area contributed by atoms with Gasteiger partial charge < -0.3 is 9.26 Å². The zero-order chi connectivity index (χ0) is 16.2. The third-order valence-corrected chi connectivity index (χ3v) is 3.49. The standard InChI is InChI=1S/C16H10BrFN2O3/c17-12-6-4-10(5-7-12)15-19-14(23-20-15)9-22-16(21)11-2-1-3-13(18)8-11/h1-8H,9H2. The Bertz CT molecular complexity index is 833.